The molecule has 0 aromatic heterocycles. The first-order valence-corrected chi connectivity index (χ1v) is 4.54. The highest BCUT2D eigenvalue weighted by Gasteiger charge is 1.99. The summed E-state index contributed by atoms with van der Waals surface area (Å²) in [6.45, 7) is 0.878. The van der Waals surface area contributed by atoms with Gasteiger partial charge in [0.2, 0.25) is 0 Å². The second kappa shape index (κ2) is 6.24. The average molecular weight is 267 g/mol. The molecule has 13 heavy (non-hydrogen) atoms. The first-order valence-electron chi connectivity index (χ1n) is 3.75. The van der Waals surface area contributed by atoms with E-state index in [-0.39, 0.29) is 12.4 Å². The minimum atomic E-state index is 0. The molecule has 1 aromatic carbocycles. The van der Waals surface area contributed by atoms with Crippen LogP contribution in [0.1, 0.15) is 5.56 Å². The lowest BCUT2D eigenvalue weighted by Crippen LogP contribution is -2.04. The first-order chi connectivity index (χ1) is 5.77. The number of hydrogen-bond acceptors (Lipinski definition) is 2. The Morgan fingerprint density at radius 2 is 2.15 bits per heavy atom. The average Bonchev–Trinajstić information content (AvgIpc) is 2.05. The molecule has 0 unspecified atom stereocenters. The predicted molar refractivity (Wildman–Crippen MR) is 60.7 cm³/mol. The molecular formula is C9H13BrClNO. The molecule has 74 valence electrons. The van der Waals surface area contributed by atoms with E-state index in [0.717, 1.165) is 16.8 Å². The SMILES string of the molecule is CNCc1ccc(OC)c(Br)c1.Cl. The third kappa shape index (κ3) is 3.55. The number of hydrogen-bond donors (Lipinski definition) is 1. The molecule has 0 heterocycles. The number of nitrogens with one attached hydrogen (secondary N) is 1. The number of halogens is 2. The fourth-order valence-corrected chi connectivity index (χ4v) is 1.61. The van der Waals surface area contributed by atoms with Crippen LogP contribution in [-0.2, 0) is 6.54 Å². The Morgan fingerprint density at radius 3 is 2.62 bits per heavy atom. The summed E-state index contributed by atoms with van der Waals surface area (Å²) in [4.78, 5) is 0. The highest BCUT2D eigenvalue weighted by Crippen LogP contribution is 2.25. The molecule has 0 aliphatic rings. The molecule has 0 radical (unpaired) electrons. The minimum absolute atomic E-state index is 0. The molecule has 0 atom stereocenters. The van der Waals surface area contributed by atoms with Crippen LogP contribution in [-0.4, -0.2) is 14.2 Å². The van der Waals surface area contributed by atoms with Crippen LogP contribution in [0.15, 0.2) is 22.7 Å². The summed E-state index contributed by atoms with van der Waals surface area (Å²) >= 11 is 3.42. The van der Waals surface area contributed by atoms with Crippen LogP contribution in [0.3, 0.4) is 0 Å². The van der Waals surface area contributed by atoms with Gasteiger partial charge in [0.25, 0.3) is 0 Å². The normalized spacial score (nSPS) is 9.15. The standard InChI is InChI=1S/C9H12BrNO.ClH/c1-11-6-7-3-4-9(12-2)8(10)5-7;/h3-5,11H,6H2,1-2H3;1H. The summed E-state index contributed by atoms with van der Waals surface area (Å²) in [7, 11) is 3.59. The topological polar surface area (TPSA) is 21.3 Å². The number of methoxy groups -OCH3 is 1. The summed E-state index contributed by atoms with van der Waals surface area (Å²) in [5, 5.41) is 3.09. The van der Waals surface area contributed by atoms with Crippen molar-refractivity contribution in [2.75, 3.05) is 14.2 Å². The van der Waals surface area contributed by atoms with E-state index in [2.05, 4.69) is 27.3 Å². The molecule has 0 fully saturated rings. The second-order valence-corrected chi connectivity index (χ2v) is 3.35. The van der Waals surface area contributed by atoms with Crippen LogP contribution >= 0.6 is 28.3 Å². The van der Waals surface area contributed by atoms with E-state index in [1.54, 1.807) is 7.11 Å². The minimum Gasteiger partial charge on any atom is -0.496 e. The van der Waals surface area contributed by atoms with Gasteiger partial charge in [0, 0.05) is 6.54 Å². The van der Waals surface area contributed by atoms with Gasteiger partial charge in [0.15, 0.2) is 0 Å². The Labute approximate surface area is 93.2 Å². The third-order valence-corrected chi connectivity index (χ3v) is 2.22. The molecule has 0 spiro atoms. The molecule has 1 aromatic rings. The number of benzene rings is 1. The molecule has 2 nitrogen and oxygen atoms in total. The summed E-state index contributed by atoms with van der Waals surface area (Å²) < 4.78 is 6.11. The van der Waals surface area contributed by atoms with E-state index in [4.69, 9.17) is 4.74 Å². The molecule has 0 amide bonds. The Morgan fingerprint density at radius 1 is 1.46 bits per heavy atom. The maximum atomic E-state index is 5.11. The molecule has 0 aliphatic heterocycles. The second-order valence-electron chi connectivity index (χ2n) is 2.50. The largest absolute Gasteiger partial charge is 0.496 e. The third-order valence-electron chi connectivity index (χ3n) is 1.60. The Balaban J connectivity index is 0.00000144. The van der Waals surface area contributed by atoms with E-state index in [1.807, 2.05) is 19.2 Å². The predicted octanol–water partition coefficient (Wildman–Crippen LogP) is 2.60. The Hall–Kier alpha value is -0.250. The maximum Gasteiger partial charge on any atom is 0.133 e. The van der Waals surface area contributed by atoms with Crippen molar-refractivity contribution in [3.63, 3.8) is 0 Å². The van der Waals surface area contributed by atoms with Crippen molar-refractivity contribution in [2.45, 2.75) is 6.54 Å². The van der Waals surface area contributed by atoms with E-state index in [9.17, 15) is 0 Å². The monoisotopic (exact) mass is 265 g/mol. The van der Waals surface area contributed by atoms with Crippen molar-refractivity contribution in [3.05, 3.63) is 28.2 Å². The van der Waals surface area contributed by atoms with Crippen molar-refractivity contribution in [1.82, 2.24) is 5.32 Å². The molecule has 1 N–H and O–H groups in total. The van der Waals surface area contributed by atoms with Crippen LogP contribution in [0.5, 0.6) is 5.75 Å². The van der Waals surface area contributed by atoms with Gasteiger partial charge >= 0.3 is 0 Å². The van der Waals surface area contributed by atoms with Crippen LogP contribution in [0, 0.1) is 0 Å². The molecular weight excluding hydrogens is 253 g/mol. The number of rotatable bonds is 3. The fourth-order valence-electron chi connectivity index (χ4n) is 1.02. The molecule has 1 rings (SSSR count). The zero-order valence-electron chi connectivity index (χ0n) is 7.63. The van der Waals surface area contributed by atoms with Crippen molar-refractivity contribution in [1.29, 1.82) is 0 Å². The Kier molecular flexibility index (Phi) is 6.12. The van der Waals surface area contributed by atoms with Crippen molar-refractivity contribution < 1.29 is 4.74 Å². The van der Waals surface area contributed by atoms with Gasteiger partial charge in [-0.25, -0.2) is 0 Å². The van der Waals surface area contributed by atoms with Gasteiger partial charge in [-0.05, 0) is 40.7 Å². The van der Waals surface area contributed by atoms with Gasteiger partial charge in [-0.15, -0.1) is 12.4 Å². The van der Waals surface area contributed by atoms with Gasteiger partial charge in [-0.2, -0.15) is 0 Å². The summed E-state index contributed by atoms with van der Waals surface area (Å²) in [5.41, 5.74) is 1.24. The van der Waals surface area contributed by atoms with E-state index < -0.39 is 0 Å². The fraction of sp³-hybridized carbons (Fsp3) is 0.333. The summed E-state index contributed by atoms with van der Waals surface area (Å²) in [6.07, 6.45) is 0. The van der Waals surface area contributed by atoms with Crippen LogP contribution < -0.4 is 10.1 Å². The van der Waals surface area contributed by atoms with E-state index in [0.29, 0.717) is 0 Å². The lowest BCUT2D eigenvalue weighted by atomic mass is 10.2. The van der Waals surface area contributed by atoms with E-state index >= 15 is 0 Å². The maximum absolute atomic E-state index is 5.11. The van der Waals surface area contributed by atoms with Gasteiger partial charge in [-0.1, -0.05) is 6.07 Å². The molecule has 4 heteroatoms. The highest BCUT2D eigenvalue weighted by atomic mass is 79.9. The molecule has 0 bridgehead atoms. The van der Waals surface area contributed by atoms with Gasteiger partial charge in [-0.3, -0.25) is 0 Å². The van der Waals surface area contributed by atoms with Crippen molar-refractivity contribution >= 4 is 28.3 Å². The zero-order valence-corrected chi connectivity index (χ0v) is 10.0. The van der Waals surface area contributed by atoms with E-state index in [1.165, 1.54) is 5.56 Å². The highest BCUT2D eigenvalue weighted by molar-refractivity contribution is 9.10. The van der Waals surface area contributed by atoms with Crippen molar-refractivity contribution in [2.24, 2.45) is 0 Å². The molecule has 0 aliphatic carbocycles. The quantitative estimate of drug-likeness (QED) is 0.908. The molecule has 0 saturated carbocycles. The Bertz CT molecular complexity index is 268. The zero-order chi connectivity index (χ0) is 8.97. The lowest BCUT2D eigenvalue weighted by molar-refractivity contribution is 0.412. The summed E-state index contributed by atoms with van der Waals surface area (Å²) in [6, 6.07) is 6.05. The van der Waals surface area contributed by atoms with Gasteiger partial charge < -0.3 is 10.1 Å². The number of ether oxygens (including phenoxy) is 1. The lowest BCUT2D eigenvalue weighted by Gasteiger charge is -2.05. The first kappa shape index (κ1) is 12.8. The molecule has 0 saturated heterocycles. The van der Waals surface area contributed by atoms with Gasteiger partial charge in [0.1, 0.15) is 5.75 Å². The van der Waals surface area contributed by atoms with Gasteiger partial charge in [0.05, 0.1) is 11.6 Å². The smallest absolute Gasteiger partial charge is 0.133 e. The van der Waals surface area contributed by atoms with Crippen LogP contribution in [0.2, 0.25) is 0 Å². The van der Waals surface area contributed by atoms with Crippen molar-refractivity contribution in [3.8, 4) is 5.75 Å². The summed E-state index contributed by atoms with van der Waals surface area (Å²) in [5.74, 6) is 0.870. The van der Waals surface area contributed by atoms with Crippen LogP contribution in [0.25, 0.3) is 0 Å². The van der Waals surface area contributed by atoms with Crippen LogP contribution in [0.4, 0.5) is 0 Å².